The minimum atomic E-state index is -0.352. The van der Waals surface area contributed by atoms with E-state index >= 15 is 0 Å². The summed E-state index contributed by atoms with van der Waals surface area (Å²) in [6.45, 7) is 4.14. The number of amides is 2. The lowest BCUT2D eigenvalue weighted by molar-refractivity contribution is -0.129. The lowest BCUT2D eigenvalue weighted by Crippen LogP contribution is -2.45. The number of benzene rings is 2. The first-order chi connectivity index (χ1) is 15.1. The van der Waals surface area contributed by atoms with Gasteiger partial charge in [0.25, 0.3) is 0 Å². The van der Waals surface area contributed by atoms with E-state index in [2.05, 4.69) is 10.2 Å². The Bertz CT molecular complexity index is 885. The molecule has 2 atom stereocenters. The predicted octanol–water partition coefficient (Wildman–Crippen LogP) is 2.36. The molecule has 0 spiro atoms. The van der Waals surface area contributed by atoms with Crippen molar-refractivity contribution in [3.05, 3.63) is 71.5 Å². The van der Waals surface area contributed by atoms with Crippen LogP contribution in [-0.4, -0.2) is 61.0 Å². The summed E-state index contributed by atoms with van der Waals surface area (Å²) in [6, 6.07) is 16.2. The number of hydrogen-bond donors (Lipinski definition) is 1. The number of carbonyl (C=O) groups excluding carboxylic acids is 2. The van der Waals surface area contributed by atoms with Crippen molar-refractivity contribution in [3.63, 3.8) is 0 Å². The maximum atomic E-state index is 13.4. The first kappa shape index (κ1) is 21.5. The second kappa shape index (κ2) is 10.0. The van der Waals surface area contributed by atoms with Crippen molar-refractivity contribution >= 4 is 11.8 Å². The Hall–Kier alpha value is -2.77. The summed E-state index contributed by atoms with van der Waals surface area (Å²) in [5, 5.41) is 3.05. The quantitative estimate of drug-likeness (QED) is 0.740. The highest BCUT2D eigenvalue weighted by atomic mass is 19.1. The van der Waals surface area contributed by atoms with Crippen molar-refractivity contribution in [2.75, 3.05) is 39.4 Å². The van der Waals surface area contributed by atoms with Gasteiger partial charge in [-0.2, -0.15) is 0 Å². The molecule has 0 aromatic heterocycles. The maximum Gasteiger partial charge on any atom is 0.225 e. The van der Waals surface area contributed by atoms with Gasteiger partial charge < -0.3 is 15.0 Å². The first-order valence-corrected chi connectivity index (χ1v) is 10.8. The fourth-order valence-corrected chi connectivity index (χ4v) is 4.28. The number of likely N-dealkylation sites (tertiary alicyclic amines) is 1. The van der Waals surface area contributed by atoms with Gasteiger partial charge in [0, 0.05) is 39.1 Å². The second-order valence-corrected chi connectivity index (χ2v) is 8.12. The lowest BCUT2D eigenvalue weighted by Gasteiger charge is -2.35. The number of carbonyl (C=O) groups is 2. The van der Waals surface area contributed by atoms with Gasteiger partial charge >= 0.3 is 0 Å². The van der Waals surface area contributed by atoms with E-state index in [1.54, 1.807) is 17.0 Å². The minimum absolute atomic E-state index is 0.00673. The molecule has 2 heterocycles. The van der Waals surface area contributed by atoms with E-state index in [-0.39, 0.29) is 36.0 Å². The zero-order valence-corrected chi connectivity index (χ0v) is 17.5. The number of halogens is 1. The van der Waals surface area contributed by atoms with Crippen LogP contribution in [0.2, 0.25) is 0 Å². The number of morpholine rings is 1. The van der Waals surface area contributed by atoms with Crippen LogP contribution in [0.3, 0.4) is 0 Å². The zero-order valence-electron chi connectivity index (χ0n) is 17.5. The second-order valence-electron chi connectivity index (χ2n) is 8.12. The first-order valence-electron chi connectivity index (χ1n) is 10.8. The van der Waals surface area contributed by atoms with Crippen LogP contribution in [-0.2, 0) is 20.9 Å². The van der Waals surface area contributed by atoms with E-state index in [1.165, 1.54) is 12.1 Å². The molecule has 2 fully saturated rings. The van der Waals surface area contributed by atoms with Crippen LogP contribution in [0.15, 0.2) is 54.6 Å². The van der Waals surface area contributed by atoms with E-state index < -0.39 is 0 Å². The molecule has 2 saturated heterocycles. The SMILES string of the molecule is O=C(NC[C@H](c1ccc(F)cc1)N1CCOCC1)[C@@H]1CC(=O)N(Cc2ccccc2)C1. The summed E-state index contributed by atoms with van der Waals surface area (Å²) in [4.78, 5) is 29.3. The van der Waals surface area contributed by atoms with Crippen LogP contribution in [0.4, 0.5) is 4.39 Å². The molecule has 7 heteroatoms. The van der Waals surface area contributed by atoms with E-state index in [4.69, 9.17) is 4.74 Å². The molecule has 0 aliphatic carbocycles. The maximum absolute atomic E-state index is 13.4. The molecule has 0 unspecified atom stereocenters. The summed E-state index contributed by atoms with van der Waals surface area (Å²) in [5.74, 6) is -0.734. The lowest BCUT2D eigenvalue weighted by atomic mass is 10.0. The molecular formula is C24H28FN3O3. The van der Waals surface area contributed by atoms with Crippen LogP contribution in [0.25, 0.3) is 0 Å². The molecule has 0 saturated carbocycles. The Labute approximate surface area is 182 Å². The van der Waals surface area contributed by atoms with Gasteiger partial charge in [-0.25, -0.2) is 4.39 Å². The van der Waals surface area contributed by atoms with Crippen LogP contribution in [0.5, 0.6) is 0 Å². The third kappa shape index (κ3) is 5.48. The van der Waals surface area contributed by atoms with Crippen molar-refractivity contribution in [2.45, 2.75) is 19.0 Å². The van der Waals surface area contributed by atoms with Crippen molar-refractivity contribution in [1.82, 2.24) is 15.1 Å². The summed E-state index contributed by atoms with van der Waals surface area (Å²) in [7, 11) is 0. The van der Waals surface area contributed by atoms with Gasteiger partial charge in [0.15, 0.2) is 0 Å². The van der Waals surface area contributed by atoms with Gasteiger partial charge in [0.2, 0.25) is 11.8 Å². The van der Waals surface area contributed by atoms with E-state index in [1.807, 2.05) is 30.3 Å². The Morgan fingerprint density at radius 3 is 2.52 bits per heavy atom. The number of nitrogens with zero attached hydrogens (tertiary/aromatic N) is 2. The van der Waals surface area contributed by atoms with Gasteiger partial charge in [-0.1, -0.05) is 42.5 Å². The van der Waals surface area contributed by atoms with Crippen molar-refractivity contribution in [3.8, 4) is 0 Å². The smallest absolute Gasteiger partial charge is 0.225 e. The van der Waals surface area contributed by atoms with Gasteiger partial charge in [0.1, 0.15) is 5.82 Å². The Morgan fingerprint density at radius 1 is 1.10 bits per heavy atom. The minimum Gasteiger partial charge on any atom is -0.379 e. The highest BCUT2D eigenvalue weighted by molar-refractivity contribution is 5.89. The molecule has 4 rings (SSSR count). The normalized spacial score (nSPS) is 20.6. The molecule has 2 aromatic rings. The fraction of sp³-hybridized carbons (Fsp3) is 0.417. The average Bonchev–Trinajstić information content (AvgIpc) is 3.16. The average molecular weight is 426 g/mol. The Morgan fingerprint density at radius 2 is 1.81 bits per heavy atom. The molecule has 164 valence electrons. The van der Waals surface area contributed by atoms with Crippen LogP contribution >= 0.6 is 0 Å². The number of ether oxygens (including phenoxy) is 1. The van der Waals surface area contributed by atoms with Crippen LogP contribution in [0, 0.1) is 11.7 Å². The summed E-state index contributed by atoms with van der Waals surface area (Å²) >= 11 is 0. The summed E-state index contributed by atoms with van der Waals surface area (Å²) in [6.07, 6.45) is 0.234. The van der Waals surface area contributed by atoms with Crippen molar-refractivity contribution in [2.24, 2.45) is 5.92 Å². The molecule has 0 bridgehead atoms. The molecule has 2 amide bonds. The molecule has 0 radical (unpaired) electrons. The standard InChI is InChI=1S/C24H28FN3O3/c25-21-8-6-19(7-9-21)22(27-10-12-31-13-11-27)15-26-24(30)20-14-23(29)28(17-20)16-18-4-2-1-3-5-18/h1-9,20,22H,10-17H2,(H,26,30)/t20-,22-/m1/s1. The van der Waals surface area contributed by atoms with E-state index in [9.17, 15) is 14.0 Å². The van der Waals surface area contributed by atoms with Crippen LogP contribution in [0.1, 0.15) is 23.6 Å². The topological polar surface area (TPSA) is 61.9 Å². The highest BCUT2D eigenvalue weighted by Gasteiger charge is 2.34. The summed E-state index contributed by atoms with van der Waals surface area (Å²) in [5.41, 5.74) is 2.01. The third-order valence-electron chi connectivity index (χ3n) is 6.01. The third-order valence-corrected chi connectivity index (χ3v) is 6.01. The number of rotatable bonds is 7. The van der Waals surface area contributed by atoms with Gasteiger partial charge in [0.05, 0.1) is 25.2 Å². The molecular weight excluding hydrogens is 397 g/mol. The summed E-state index contributed by atoms with van der Waals surface area (Å²) < 4.78 is 18.9. The van der Waals surface area contributed by atoms with Crippen molar-refractivity contribution < 1.29 is 18.7 Å². The van der Waals surface area contributed by atoms with Crippen LogP contribution < -0.4 is 5.32 Å². The van der Waals surface area contributed by atoms with Gasteiger partial charge in [-0.05, 0) is 23.3 Å². The molecule has 2 aliphatic heterocycles. The van der Waals surface area contributed by atoms with Gasteiger partial charge in [-0.3, -0.25) is 14.5 Å². The largest absolute Gasteiger partial charge is 0.379 e. The molecule has 31 heavy (non-hydrogen) atoms. The predicted molar refractivity (Wildman–Crippen MR) is 115 cm³/mol. The van der Waals surface area contributed by atoms with Crippen molar-refractivity contribution in [1.29, 1.82) is 0 Å². The van der Waals surface area contributed by atoms with E-state index in [0.717, 1.165) is 24.2 Å². The zero-order chi connectivity index (χ0) is 21.6. The molecule has 2 aromatic carbocycles. The Kier molecular flexibility index (Phi) is 6.94. The fourth-order valence-electron chi connectivity index (χ4n) is 4.28. The number of hydrogen-bond acceptors (Lipinski definition) is 4. The molecule has 2 aliphatic rings. The monoisotopic (exact) mass is 425 g/mol. The Balaban J connectivity index is 1.37. The number of nitrogens with one attached hydrogen (secondary N) is 1. The van der Waals surface area contributed by atoms with Gasteiger partial charge in [-0.15, -0.1) is 0 Å². The van der Waals surface area contributed by atoms with E-state index in [0.29, 0.717) is 32.8 Å². The molecule has 6 nitrogen and oxygen atoms in total. The molecule has 1 N–H and O–H groups in total. The highest BCUT2D eigenvalue weighted by Crippen LogP contribution is 2.24.